The van der Waals surface area contributed by atoms with E-state index >= 15 is 0 Å². The highest BCUT2D eigenvalue weighted by Gasteiger charge is 2.47. The number of hydrogen-bond donors (Lipinski definition) is 1. The molecule has 0 unspecified atom stereocenters. The lowest BCUT2D eigenvalue weighted by Crippen LogP contribution is -2.50. The second-order valence-corrected chi connectivity index (χ2v) is 9.43. The maximum absolute atomic E-state index is 12.5. The molecule has 1 aromatic heterocycles. The summed E-state index contributed by atoms with van der Waals surface area (Å²) in [6.45, 7) is 5.11. The van der Waals surface area contributed by atoms with E-state index in [1.807, 2.05) is 24.3 Å². The zero-order valence-corrected chi connectivity index (χ0v) is 18.0. The topological polar surface area (TPSA) is 78.4 Å². The molecule has 162 valence electrons. The summed E-state index contributed by atoms with van der Waals surface area (Å²) in [5.74, 6) is 1.09. The third kappa shape index (κ3) is 4.13. The van der Waals surface area contributed by atoms with Crippen molar-refractivity contribution in [1.82, 2.24) is 20.0 Å². The van der Waals surface area contributed by atoms with Gasteiger partial charge in [-0.3, -0.25) is 4.79 Å². The minimum Gasteiger partial charge on any atom is -0.342 e. The molecule has 7 heteroatoms. The fourth-order valence-corrected chi connectivity index (χ4v) is 4.60. The number of urea groups is 1. The van der Waals surface area contributed by atoms with Crippen molar-refractivity contribution >= 4 is 17.6 Å². The Balaban J connectivity index is 1.10. The van der Waals surface area contributed by atoms with Crippen molar-refractivity contribution in [3.63, 3.8) is 0 Å². The standard InChI is InChI=1S/C24H29N5O2/c1-24(10-11-24)22(30)28-13-8-18(9-14-28)17-4-6-20(7-5-17)26-23(31)29-15-19(16-29)21-3-2-12-25-27-21/h2-7,12,18-19H,8-11,13-16H2,1H3,(H,26,31). The first kappa shape index (κ1) is 20.0. The average Bonchev–Trinajstić information content (AvgIpc) is 3.52. The number of amides is 3. The van der Waals surface area contributed by atoms with Gasteiger partial charge in [-0.15, -0.1) is 0 Å². The summed E-state index contributed by atoms with van der Waals surface area (Å²) < 4.78 is 0. The Morgan fingerprint density at radius 3 is 2.32 bits per heavy atom. The van der Waals surface area contributed by atoms with Crippen molar-refractivity contribution in [2.45, 2.75) is 44.4 Å². The molecular weight excluding hydrogens is 390 g/mol. The van der Waals surface area contributed by atoms with E-state index in [9.17, 15) is 9.59 Å². The Labute approximate surface area is 182 Å². The number of piperidine rings is 1. The van der Waals surface area contributed by atoms with E-state index < -0.39 is 0 Å². The number of benzene rings is 1. The molecule has 0 radical (unpaired) electrons. The molecule has 1 aromatic carbocycles. The first-order chi connectivity index (χ1) is 15.0. The smallest absolute Gasteiger partial charge is 0.321 e. The van der Waals surface area contributed by atoms with Crippen molar-refractivity contribution in [1.29, 1.82) is 0 Å². The molecule has 31 heavy (non-hydrogen) atoms. The lowest BCUT2D eigenvalue weighted by atomic mass is 9.88. The fraction of sp³-hybridized carbons (Fsp3) is 0.500. The Morgan fingerprint density at radius 2 is 1.71 bits per heavy atom. The summed E-state index contributed by atoms with van der Waals surface area (Å²) in [5, 5.41) is 11.0. The first-order valence-corrected chi connectivity index (χ1v) is 11.2. The summed E-state index contributed by atoms with van der Waals surface area (Å²) in [6, 6.07) is 11.9. The second kappa shape index (κ2) is 7.94. The van der Waals surface area contributed by atoms with Crippen LogP contribution in [0.2, 0.25) is 0 Å². The monoisotopic (exact) mass is 419 g/mol. The molecule has 3 amide bonds. The maximum atomic E-state index is 12.5. The number of likely N-dealkylation sites (tertiary alicyclic amines) is 2. The van der Waals surface area contributed by atoms with E-state index in [1.54, 1.807) is 11.1 Å². The van der Waals surface area contributed by atoms with Crippen LogP contribution in [-0.4, -0.2) is 58.1 Å². The van der Waals surface area contributed by atoms with Gasteiger partial charge in [-0.1, -0.05) is 19.1 Å². The number of aromatic nitrogens is 2. The van der Waals surface area contributed by atoms with Gasteiger partial charge in [-0.2, -0.15) is 10.2 Å². The normalized spacial score (nSPS) is 20.8. The molecule has 5 rings (SSSR count). The van der Waals surface area contributed by atoms with E-state index in [4.69, 9.17) is 0 Å². The van der Waals surface area contributed by atoms with Crippen LogP contribution >= 0.6 is 0 Å². The molecule has 3 heterocycles. The lowest BCUT2D eigenvalue weighted by Gasteiger charge is -2.38. The number of rotatable bonds is 4. The summed E-state index contributed by atoms with van der Waals surface area (Å²) in [5.41, 5.74) is 2.97. The van der Waals surface area contributed by atoms with Crippen molar-refractivity contribution in [3.05, 3.63) is 53.9 Å². The van der Waals surface area contributed by atoms with E-state index in [2.05, 4.69) is 39.5 Å². The molecule has 0 bridgehead atoms. The minimum absolute atomic E-state index is 0.0718. The molecule has 0 spiro atoms. The van der Waals surface area contributed by atoms with Crippen LogP contribution < -0.4 is 5.32 Å². The van der Waals surface area contributed by atoms with Crippen LogP contribution in [0.4, 0.5) is 10.5 Å². The predicted molar refractivity (Wildman–Crippen MR) is 118 cm³/mol. The second-order valence-electron chi connectivity index (χ2n) is 9.43. The van der Waals surface area contributed by atoms with E-state index in [1.165, 1.54) is 5.56 Å². The fourth-order valence-electron chi connectivity index (χ4n) is 4.60. The lowest BCUT2D eigenvalue weighted by molar-refractivity contribution is -0.137. The van der Waals surface area contributed by atoms with Gasteiger partial charge in [-0.05, 0) is 61.4 Å². The third-order valence-electron chi connectivity index (χ3n) is 7.11. The van der Waals surface area contributed by atoms with Gasteiger partial charge in [0.25, 0.3) is 0 Å². The Kier molecular flexibility index (Phi) is 5.12. The zero-order valence-electron chi connectivity index (χ0n) is 18.0. The largest absolute Gasteiger partial charge is 0.342 e. The van der Waals surface area contributed by atoms with Crippen LogP contribution in [0.25, 0.3) is 0 Å². The molecule has 7 nitrogen and oxygen atoms in total. The summed E-state index contributed by atoms with van der Waals surface area (Å²) >= 11 is 0. The van der Waals surface area contributed by atoms with Crippen molar-refractivity contribution < 1.29 is 9.59 Å². The minimum atomic E-state index is -0.0757. The molecule has 1 aliphatic carbocycles. The SMILES string of the molecule is CC1(C(=O)N2CCC(c3ccc(NC(=O)N4CC(c5cccnn5)C4)cc3)CC2)CC1. The van der Waals surface area contributed by atoms with E-state index in [-0.39, 0.29) is 17.4 Å². The van der Waals surface area contributed by atoms with Crippen LogP contribution in [0.3, 0.4) is 0 Å². The quantitative estimate of drug-likeness (QED) is 0.821. The number of carbonyl (C=O) groups is 2. The highest BCUT2D eigenvalue weighted by Crippen LogP contribution is 2.47. The summed E-state index contributed by atoms with van der Waals surface area (Å²) in [4.78, 5) is 28.9. The number of hydrogen-bond acceptors (Lipinski definition) is 4. The van der Waals surface area contributed by atoms with Gasteiger partial charge in [0.2, 0.25) is 5.91 Å². The molecular formula is C24H29N5O2. The molecule has 3 fully saturated rings. The van der Waals surface area contributed by atoms with Gasteiger partial charge in [0.1, 0.15) is 0 Å². The molecule has 1 saturated carbocycles. The maximum Gasteiger partial charge on any atom is 0.321 e. The Morgan fingerprint density at radius 1 is 1.00 bits per heavy atom. The summed E-state index contributed by atoms with van der Waals surface area (Å²) in [6.07, 6.45) is 5.75. The van der Waals surface area contributed by atoms with Crippen LogP contribution in [0.15, 0.2) is 42.6 Å². The molecule has 3 aliphatic rings. The van der Waals surface area contributed by atoms with Gasteiger partial charge in [0.05, 0.1) is 5.69 Å². The molecule has 1 N–H and O–H groups in total. The molecule has 0 atom stereocenters. The molecule has 2 aliphatic heterocycles. The van der Waals surface area contributed by atoms with Gasteiger partial charge < -0.3 is 15.1 Å². The number of nitrogens with one attached hydrogen (secondary N) is 1. The molecule has 2 aromatic rings. The number of carbonyl (C=O) groups excluding carboxylic acids is 2. The number of anilines is 1. The Hall–Kier alpha value is -2.96. The van der Waals surface area contributed by atoms with Crippen LogP contribution in [0.1, 0.15) is 55.7 Å². The van der Waals surface area contributed by atoms with Gasteiger partial charge >= 0.3 is 6.03 Å². The molecule has 2 saturated heterocycles. The van der Waals surface area contributed by atoms with E-state index in [0.717, 1.165) is 50.2 Å². The van der Waals surface area contributed by atoms with Gasteiger partial charge in [-0.25, -0.2) is 4.79 Å². The number of nitrogens with zero attached hydrogens (tertiary/aromatic N) is 4. The Bertz CT molecular complexity index is 944. The first-order valence-electron chi connectivity index (χ1n) is 11.2. The highest BCUT2D eigenvalue weighted by atomic mass is 16.2. The van der Waals surface area contributed by atoms with E-state index in [0.29, 0.717) is 24.9 Å². The van der Waals surface area contributed by atoms with Crippen molar-refractivity contribution in [2.24, 2.45) is 5.41 Å². The van der Waals surface area contributed by atoms with Gasteiger partial charge in [0, 0.05) is 49.4 Å². The highest BCUT2D eigenvalue weighted by molar-refractivity contribution is 5.90. The van der Waals surface area contributed by atoms with Crippen LogP contribution in [0, 0.1) is 5.41 Å². The van der Waals surface area contributed by atoms with Gasteiger partial charge in [0.15, 0.2) is 0 Å². The predicted octanol–water partition coefficient (Wildman–Crippen LogP) is 3.61. The van der Waals surface area contributed by atoms with Crippen LogP contribution in [-0.2, 0) is 4.79 Å². The third-order valence-corrected chi connectivity index (χ3v) is 7.11. The van der Waals surface area contributed by atoms with Crippen LogP contribution in [0.5, 0.6) is 0 Å². The zero-order chi connectivity index (χ0) is 21.4. The summed E-state index contributed by atoms with van der Waals surface area (Å²) in [7, 11) is 0. The van der Waals surface area contributed by atoms with Crippen molar-refractivity contribution in [2.75, 3.05) is 31.5 Å². The van der Waals surface area contributed by atoms with Crippen molar-refractivity contribution in [3.8, 4) is 0 Å². The average molecular weight is 420 g/mol.